The first-order valence-electron chi connectivity index (χ1n) is 13.3. The van der Waals surface area contributed by atoms with E-state index in [1.807, 2.05) is 32.0 Å². The van der Waals surface area contributed by atoms with Crippen molar-refractivity contribution in [3.63, 3.8) is 0 Å². The topological polar surface area (TPSA) is 131 Å². The van der Waals surface area contributed by atoms with Crippen LogP contribution in [0.15, 0.2) is 18.2 Å². The summed E-state index contributed by atoms with van der Waals surface area (Å²) in [6, 6.07) is 3.36. The Kier molecular flexibility index (Phi) is 10.9. The molecule has 1 aliphatic carbocycles. The second kappa shape index (κ2) is 13.4. The predicted molar refractivity (Wildman–Crippen MR) is 143 cm³/mol. The van der Waals surface area contributed by atoms with Gasteiger partial charge in [0.15, 0.2) is 0 Å². The van der Waals surface area contributed by atoms with Gasteiger partial charge in [0.05, 0.1) is 6.42 Å². The summed E-state index contributed by atoms with van der Waals surface area (Å²) in [7, 11) is 0. The minimum absolute atomic E-state index is 0.198. The molecular formula is C28H44N4O5. The Labute approximate surface area is 220 Å². The zero-order chi connectivity index (χ0) is 27.8. The Hall–Kier alpha value is -3.10. The molecule has 37 heavy (non-hydrogen) atoms. The summed E-state index contributed by atoms with van der Waals surface area (Å²) in [5.41, 5.74) is 7.42. The van der Waals surface area contributed by atoms with E-state index >= 15 is 0 Å². The smallest absolute Gasteiger partial charge is 0.408 e. The van der Waals surface area contributed by atoms with Crippen molar-refractivity contribution in [2.75, 3.05) is 6.54 Å². The highest BCUT2D eigenvalue weighted by Crippen LogP contribution is 2.34. The Morgan fingerprint density at radius 1 is 1.11 bits per heavy atom. The summed E-state index contributed by atoms with van der Waals surface area (Å²) in [6.45, 7) is 11.7. The average molecular weight is 517 g/mol. The van der Waals surface area contributed by atoms with Gasteiger partial charge in [0, 0.05) is 12.6 Å². The Morgan fingerprint density at radius 3 is 2.30 bits per heavy atom. The van der Waals surface area contributed by atoms with Crippen molar-refractivity contribution in [1.82, 2.24) is 15.5 Å². The van der Waals surface area contributed by atoms with Crippen LogP contribution in [0.1, 0.15) is 95.4 Å². The van der Waals surface area contributed by atoms with Gasteiger partial charge in [-0.25, -0.2) is 4.79 Å². The number of aryl methyl sites for hydroxylation is 2. The third-order valence-corrected chi connectivity index (χ3v) is 6.57. The molecule has 0 radical (unpaired) electrons. The summed E-state index contributed by atoms with van der Waals surface area (Å²) in [5.74, 6) is -1.55. The third-order valence-electron chi connectivity index (χ3n) is 6.57. The fourth-order valence-electron chi connectivity index (χ4n) is 4.27. The normalized spacial score (nSPS) is 15.2. The van der Waals surface area contributed by atoms with Crippen LogP contribution in [0.4, 0.5) is 4.79 Å². The number of nitrogens with one attached hydrogen (secondary N) is 2. The highest BCUT2D eigenvalue weighted by molar-refractivity contribution is 5.94. The summed E-state index contributed by atoms with van der Waals surface area (Å²) in [5, 5.41) is 5.53. The zero-order valence-electron chi connectivity index (χ0n) is 23.2. The molecule has 0 bridgehead atoms. The zero-order valence-corrected chi connectivity index (χ0v) is 23.2. The maximum absolute atomic E-state index is 14.0. The van der Waals surface area contributed by atoms with Crippen molar-refractivity contribution in [3.8, 4) is 0 Å². The van der Waals surface area contributed by atoms with Crippen LogP contribution in [0.5, 0.6) is 0 Å². The number of unbranched alkanes of at least 4 members (excludes halogenated alkanes) is 2. The van der Waals surface area contributed by atoms with E-state index in [-0.39, 0.29) is 11.9 Å². The van der Waals surface area contributed by atoms with E-state index in [4.69, 9.17) is 10.5 Å². The molecule has 206 valence electrons. The van der Waals surface area contributed by atoms with Gasteiger partial charge in [-0.15, -0.1) is 0 Å². The van der Waals surface area contributed by atoms with E-state index in [2.05, 4.69) is 17.6 Å². The van der Waals surface area contributed by atoms with Crippen LogP contribution in [0, 0.1) is 13.8 Å². The van der Waals surface area contributed by atoms with Crippen molar-refractivity contribution in [3.05, 3.63) is 34.9 Å². The number of nitrogens with zero attached hydrogens (tertiary/aromatic N) is 1. The molecule has 1 saturated carbocycles. The molecule has 1 aromatic rings. The second-order valence-corrected chi connectivity index (χ2v) is 10.9. The molecule has 0 heterocycles. The summed E-state index contributed by atoms with van der Waals surface area (Å²) >= 11 is 0. The van der Waals surface area contributed by atoms with Gasteiger partial charge in [-0.2, -0.15) is 0 Å². The van der Waals surface area contributed by atoms with Gasteiger partial charge >= 0.3 is 6.09 Å². The molecule has 1 aliphatic rings. The van der Waals surface area contributed by atoms with Gasteiger partial charge in [-0.3, -0.25) is 14.4 Å². The number of alkyl carbamates (subject to hydrolysis) is 1. The number of carbonyl (C=O) groups is 4. The van der Waals surface area contributed by atoms with E-state index in [1.165, 1.54) is 0 Å². The van der Waals surface area contributed by atoms with E-state index in [0.717, 1.165) is 49.7 Å². The highest BCUT2D eigenvalue weighted by Gasteiger charge is 2.42. The lowest BCUT2D eigenvalue weighted by Gasteiger charge is -2.43. The SMILES string of the molecule is CCCCCNC(=O)C(c1ccc(C)c(C)c1)N(C(=O)C(CC(N)=O)NC(=O)OC(C)(C)C)C1CCC1. The standard InChI is InChI=1S/C28H44N4O5/c1-7-8-9-15-30-25(34)24(20-14-13-18(2)19(3)16-20)32(21-11-10-12-21)26(35)22(17-23(29)33)31-27(36)37-28(4,5)6/h13-14,16,21-22,24H,7-12,15,17H2,1-6H3,(H2,29,33)(H,30,34)(H,31,36). The molecule has 4 amide bonds. The Bertz CT molecular complexity index is 968. The average Bonchev–Trinajstić information content (AvgIpc) is 2.75. The van der Waals surface area contributed by atoms with Crippen LogP contribution in [0.2, 0.25) is 0 Å². The number of carbonyl (C=O) groups excluding carboxylic acids is 4. The number of nitrogens with two attached hydrogens (primary N) is 1. The number of primary amides is 1. The quantitative estimate of drug-likeness (QED) is 0.364. The van der Waals surface area contributed by atoms with Gasteiger partial charge < -0.3 is 26.0 Å². The lowest BCUT2D eigenvalue weighted by Crippen LogP contribution is -2.58. The van der Waals surface area contributed by atoms with Crippen LogP contribution in [-0.2, 0) is 19.1 Å². The van der Waals surface area contributed by atoms with Crippen molar-refractivity contribution >= 4 is 23.8 Å². The van der Waals surface area contributed by atoms with Gasteiger partial charge in [0.1, 0.15) is 17.7 Å². The number of amides is 4. The van der Waals surface area contributed by atoms with Crippen LogP contribution >= 0.6 is 0 Å². The van der Waals surface area contributed by atoms with Crippen molar-refractivity contribution in [1.29, 1.82) is 0 Å². The lowest BCUT2D eigenvalue weighted by molar-refractivity contribution is -0.148. The largest absolute Gasteiger partial charge is 0.444 e. The maximum atomic E-state index is 14.0. The Balaban J connectivity index is 2.47. The molecule has 0 aliphatic heterocycles. The minimum atomic E-state index is -1.25. The molecule has 9 nitrogen and oxygen atoms in total. The molecule has 1 fully saturated rings. The molecule has 0 saturated heterocycles. The van der Waals surface area contributed by atoms with Crippen LogP contribution in [0.25, 0.3) is 0 Å². The summed E-state index contributed by atoms with van der Waals surface area (Å²) in [4.78, 5) is 53.7. The molecule has 2 unspecified atom stereocenters. The van der Waals surface area contributed by atoms with E-state index in [9.17, 15) is 19.2 Å². The van der Waals surface area contributed by atoms with Crippen molar-refractivity contribution in [2.24, 2.45) is 5.73 Å². The Morgan fingerprint density at radius 2 is 1.78 bits per heavy atom. The van der Waals surface area contributed by atoms with E-state index < -0.39 is 42.0 Å². The monoisotopic (exact) mass is 516 g/mol. The van der Waals surface area contributed by atoms with E-state index in [0.29, 0.717) is 12.1 Å². The predicted octanol–water partition coefficient (Wildman–Crippen LogP) is 3.80. The third kappa shape index (κ3) is 9.05. The van der Waals surface area contributed by atoms with Crippen LogP contribution in [-0.4, -0.2) is 52.9 Å². The second-order valence-electron chi connectivity index (χ2n) is 10.9. The molecule has 4 N–H and O–H groups in total. The lowest BCUT2D eigenvalue weighted by atomic mass is 9.87. The fourth-order valence-corrected chi connectivity index (χ4v) is 4.27. The first kappa shape index (κ1) is 30.1. The number of hydrogen-bond donors (Lipinski definition) is 3. The minimum Gasteiger partial charge on any atom is -0.444 e. The summed E-state index contributed by atoms with van der Waals surface area (Å²) < 4.78 is 5.33. The first-order chi connectivity index (χ1) is 17.3. The van der Waals surface area contributed by atoms with Gasteiger partial charge in [0.25, 0.3) is 0 Å². The van der Waals surface area contributed by atoms with Crippen LogP contribution < -0.4 is 16.4 Å². The first-order valence-corrected chi connectivity index (χ1v) is 13.3. The van der Waals surface area contributed by atoms with Crippen LogP contribution in [0.3, 0.4) is 0 Å². The van der Waals surface area contributed by atoms with Crippen molar-refractivity contribution in [2.45, 2.75) is 110 Å². The van der Waals surface area contributed by atoms with E-state index in [1.54, 1.807) is 25.7 Å². The van der Waals surface area contributed by atoms with Gasteiger partial charge in [-0.1, -0.05) is 38.0 Å². The number of benzene rings is 1. The molecule has 2 rings (SSSR count). The number of rotatable bonds is 12. The molecule has 9 heteroatoms. The summed E-state index contributed by atoms with van der Waals surface area (Å²) in [6.07, 6.45) is 3.99. The molecule has 0 aromatic heterocycles. The molecule has 2 atom stereocenters. The highest BCUT2D eigenvalue weighted by atomic mass is 16.6. The van der Waals surface area contributed by atoms with Crippen molar-refractivity contribution < 1.29 is 23.9 Å². The van der Waals surface area contributed by atoms with Gasteiger partial charge in [0.2, 0.25) is 17.7 Å². The van der Waals surface area contributed by atoms with Gasteiger partial charge in [-0.05, 0) is 77.0 Å². The number of ether oxygens (including phenoxy) is 1. The number of hydrogen-bond acceptors (Lipinski definition) is 5. The maximum Gasteiger partial charge on any atom is 0.408 e. The molecule has 0 spiro atoms. The fraction of sp³-hybridized carbons (Fsp3) is 0.643. The molecular weight excluding hydrogens is 472 g/mol. The molecule has 1 aromatic carbocycles.